The lowest BCUT2D eigenvalue weighted by atomic mass is 9.88. The maximum absolute atomic E-state index is 10.9. The fourth-order valence-corrected chi connectivity index (χ4v) is 1.70. The van der Waals surface area contributed by atoms with E-state index in [9.17, 15) is 4.79 Å². The average Bonchev–Trinajstić information content (AvgIpc) is 2.07. The van der Waals surface area contributed by atoms with Gasteiger partial charge in [-0.25, -0.2) is 0 Å². The molecule has 15 heavy (non-hydrogen) atoms. The van der Waals surface area contributed by atoms with Crippen molar-refractivity contribution in [1.29, 1.82) is 0 Å². The van der Waals surface area contributed by atoms with Crippen molar-refractivity contribution < 1.29 is 15.1 Å². The highest BCUT2D eigenvalue weighted by Gasteiger charge is 2.18. The van der Waals surface area contributed by atoms with Crippen molar-refractivity contribution in [3.8, 4) is 0 Å². The number of carbonyl (C=O) groups is 1. The van der Waals surface area contributed by atoms with Gasteiger partial charge in [0, 0.05) is 19.4 Å². The molecule has 0 aromatic rings. The van der Waals surface area contributed by atoms with E-state index in [0.717, 1.165) is 38.1 Å². The monoisotopic (exact) mass is 218 g/mol. The van der Waals surface area contributed by atoms with Crippen molar-refractivity contribution in [1.82, 2.24) is 4.90 Å². The Bertz CT molecular complexity index is 204. The molecule has 6 heteroatoms. The molecule has 88 valence electrons. The number of Topliss-reactive ketones (excluding diaryl/α,β-unsaturated/α-hetero) is 1. The van der Waals surface area contributed by atoms with Gasteiger partial charge >= 0.3 is 0 Å². The molecule has 1 rings (SSSR count). The van der Waals surface area contributed by atoms with Crippen molar-refractivity contribution >= 4 is 5.78 Å². The summed E-state index contributed by atoms with van der Waals surface area (Å²) >= 11 is 0. The minimum atomic E-state index is -1.50. The molecule has 0 unspecified atom stereocenters. The van der Waals surface area contributed by atoms with Gasteiger partial charge in [-0.15, -0.1) is 10.1 Å². The number of carbonyl (C=O) groups excluding carboxylic acids is 1. The SMILES string of the molecule is CN(C)CC1CCC(=O)CC1.O=[N+]([O-])O. The Morgan fingerprint density at radius 3 is 2.20 bits per heavy atom. The van der Waals surface area contributed by atoms with Gasteiger partial charge in [-0.3, -0.25) is 4.79 Å². The maximum atomic E-state index is 10.9. The normalized spacial score (nSPS) is 17.1. The van der Waals surface area contributed by atoms with Gasteiger partial charge in [0.1, 0.15) is 5.78 Å². The minimum Gasteiger partial charge on any atom is -0.328 e. The summed E-state index contributed by atoms with van der Waals surface area (Å²) in [7, 11) is 4.19. The Hall–Kier alpha value is -1.17. The van der Waals surface area contributed by atoms with E-state index in [1.54, 1.807) is 0 Å². The van der Waals surface area contributed by atoms with Crippen LogP contribution < -0.4 is 0 Å². The molecule has 1 fully saturated rings. The summed E-state index contributed by atoms with van der Waals surface area (Å²) in [5.74, 6) is 1.22. The van der Waals surface area contributed by atoms with Gasteiger partial charge < -0.3 is 10.1 Å². The third kappa shape index (κ3) is 9.14. The first kappa shape index (κ1) is 13.8. The van der Waals surface area contributed by atoms with Crippen LogP contribution in [-0.4, -0.2) is 41.6 Å². The molecule has 0 amide bonds. The first-order valence-electron chi connectivity index (χ1n) is 4.91. The Morgan fingerprint density at radius 1 is 1.47 bits per heavy atom. The molecule has 0 aromatic heterocycles. The molecular formula is C9H18N2O4. The van der Waals surface area contributed by atoms with Crippen LogP contribution in [0, 0.1) is 16.0 Å². The van der Waals surface area contributed by atoms with Gasteiger partial charge in [0.15, 0.2) is 0 Å². The predicted molar refractivity (Wildman–Crippen MR) is 54.3 cm³/mol. The van der Waals surface area contributed by atoms with Crippen molar-refractivity contribution in [2.24, 2.45) is 5.92 Å². The summed E-state index contributed by atoms with van der Waals surface area (Å²) < 4.78 is 0. The van der Waals surface area contributed by atoms with Crippen molar-refractivity contribution in [2.75, 3.05) is 20.6 Å². The van der Waals surface area contributed by atoms with Crippen molar-refractivity contribution in [3.63, 3.8) is 0 Å². The fraction of sp³-hybridized carbons (Fsp3) is 0.889. The highest BCUT2D eigenvalue weighted by Crippen LogP contribution is 2.21. The largest absolute Gasteiger partial charge is 0.328 e. The number of nitrogens with zero attached hydrogens (tertiary/aromatic N) is 2. The second-order valence-electron chi connectivity index (χ2n) is 3.98. The molecule has 1 N–H and O–H groups in total. The van der Waals surface area contributed by atoms with E-state index in [4.69, 9.17) is 15.3 Å². The lowest BCUT2D eigenvalue weighted by Crippen LogP contribution is -2.25. The van der Waals surface area contributed by atoms with Crippen LogP contribution >= 0.6 is 0 Å². The summed E-state index contributed by atoms with van der Waals surface area (Å²) in [6.07, 6.45) is 3.85. The van der Waals surface area contributed by atoms with Gasteiger partial charge in [0.2, 0.25) is 0 Å². The fourth-order valence-electron chi connectivity index (χ4n) is 1.70. The molecule has 6 nitrogen and oxygen atoms in total. The van der Waals surface area contributed by atoms with E-state index < -0.39 is 5.09 Å². The molecule has 1 saturated carbocycles. The smallest absolute Gasteiger partial charge is 0.291 e. The van der Waals surface area contributed by atoms with E-state index in [1.165, 1.54) is 0 Å². The standard InChI is InChI=1S/C9H17NO.HNO3/c1-10(2)7-8-3-5-9(11)6-4-8;2-1(3)4/h8H,3-7H2,1-2H3;(H,2,3,4). The maximum Gasteiger partial charge on any atom is 0.291 e. The molecule has 0 saturated heterocycles. The number of ketones is 1. The summed E-state index contributed by atoms with van der Waals surface area (Å²) in [5, 5.41) is 13.6. The van der Waals surface area contributed by atoms with Crippen LogP contribution in [-0.2, 0) is 4.79 Å². The van der Waals surface area contributed by atoms with Crippen LogP contribution in [0.5, 0.6) is 0 Å². The molecule has 0 heterocycles. The van der Waals surface area contributed by atoms with E-state index >= 15 is 0 Å². The van der Waals surface area contributed by atoms with Gasteiger partial charge in [-0.2, -0.15) is 0 Å². The lowest BCUT2D eigenvalue weighted by molar-refractivity contribution is -0.742. The molecule has 1 aliphatic carbocycles. The second-order valence-corrected chi connectivity index (χ2v) is 3.98. The molecule has 0 aromatic carbocycles. The summed E-state index contributed by atoms with van der Waals surface area (Å²) in [6.45, 7) is 1.15. The molecule has 0 bridgehead atoms. The quantitative estimate of drug-likeness (QED) is 0.551. The highest BCUT2D eigenvalue weighted by molar-refractivity contribution is 5.79. The first-order chi connectivity index (χ1) is 6.91. The van der Waals surface area contributed by atoms with Gasteiger partial charge in [-0.05, 0) is 32.9 Å². The molecule has 0 aliphatic heterocycles. The Kier molecular flexibility index (Phi) is 6.61. The summed E-state index contributed by atoms with van der Waals surface area (Å²) in [4.78, 5) is 21.5. The van der Waals surface area contributed by atoms with Gasteiger partial charge in [-0.1, -0.05) is 0 Å². The Morgan fingerprint density at radius 2 is 1.87 bits per heavy atom. The molecule has 0 atom stereocenters. The highest BCUT2D eigenvalue weighted by atomic mass is 16.9. The van der Waals surface area contributed by atoms with E-state index in [0.29, 0.717) is 5.78 Å². The summed E-state index contributed by atoms with van der Waals surface area (Å²) in [5.41, 5.74) is 0. The third-order valence-corrected chi connectivity index (χ3v) is 2.29. The summed E-state index contributed by atoms with van der Waals surface area (Å²) in [6, 6.07) is 0. The first-order valence-corrected chi connectivity index (χ1v) is 4.91. The van der Waals surface area contributed by atoms with E-state index in [1.807, 2.05) is 0 Å². The predicted octanol–water partition coefficient (Wildman–Crippen LogP) is 0.960. The van der Waals surface area contributed by atoms with Gasteiger partial charge in [0.05, 0.1) is 0 Å². The average molecular weight is 218 g/mol. The topological polar surface area (TPSA) is 83.7 Å². The lowest BCUT2D eigenvalue weighted by Gasteiger charge is -2.23. The molecule has 0 radical (unpaired) electrons. The van der Waals surface area contributed by atoms with Crippen LogP contribution in [0.4, 0.5) is 0 Å². The van der Waals surface area contributed by atoms with E-state index in [2.05, 4.69) is 19.0 Å². The minimum absolute atomic E-state index is 0.458. The zero-order valence-electron chi connectivity index (χ0n) is 9.18. The molecule has 0 spiro atoms. The number of hydrogen-bond acceptors (Lipinski definition) is 4. The Labute approximate surface area is 89.0 Å². The van der Waals surface area contributed by atoms with Crippen molar-refractivity contribution in [2.45, 2.75) is 25.7 Å². The van der Waals surface area contributed by atoms with Crippen molar-refractivity contribution in [3.05, 3.63) is 10.1 Å². The van der Waals surface area contributed by atoms with Crippen LogP contribution in [0.2, 0.25) is 0 Å². The Balaban J connectivity index is 0.000000423. The van der Waals surface area contributed by atoms with Gasteiger partial charge in [0.25, 0.3) is 5.09 Å². The van der Waals surface area contributed by atoms with Crippen LogP contribution in [0.25, 0.3) is 0 Å². The zero-order valence-corrected chi connectivity index (χ0v) is 9.18. The number of rotatable bonds is 2. The third-order valence-electron chi connectivity index (χ3n) is 2.29. The molecule has 1 aliphatic rings. The second kappa shape index (κ2) is 7.17. The molecular weight excluding hydrogens is 200 g/mol. The van der Waals surface area contributed by atoms with Crippen LogP contribution in [0.1, 0.15) is 25.7 Å². The zero-order chi connectivity index (χ0) is 11.8. The number of hydrogen-bond donors (Lipinski definition) is 1. The van der Waals surface area contributed by atoms with E-state index in [-0.39, 0.29) is 0 Å². The van der Waals surface area contributed by atoms with Crippen LogP contribution in [0.3, 0.4) is 0 Å². The van der Waals surface area contributed by atoms with Crippen LogP contribution in [0.15, 0.2) is 0 Å².